The number of rotatable bonds is 5. The average molecular weight is 308 g/mol. The monoisotopic (exact) mass is 308 g/mol. The van der Waals surface area contributed by atoms with E-state index >= 15 is 0 Å². The number of carbonyl (C=O) groups excluding carboxylic acids is 1. The van der Waals surface area contributed by atoms with E-state index in [-0.39, 0.29) is 12.2 Å². The summed E-state index contributed by atoms with van der Waals surface area (Å²) in [6, 6.07) is 0.864. The van der Waals surface area contributed by atoms with Gasteiger partial charge >= 0.3 is 12.3 Å². The van der Waals surface area contributed by atoms with Gasteiger partial charge in [-0.25, -0.2) is 4.98 Å². The molecular formula is C11H11F3N2O5. The largest absolute Gasteiger partial charge is 0.574 e. The van der Waals surface area contributed by atoms with Crippen molar-refractivity contribution in [2.24, 2.45) is 0 Å². The zero-order valence-corrected chi connectivity index (χ0v) is 11.1. The highest BCUT2D eigenvalue weighted by Crippen LogP contribution is 2.29. The van der Waals surface area contributed by atoms with Crippen LogP contribution in [-0.4, -0.2) is 28.8 Å². The molecule has 0 aliphatic carbocycles. The van der Waals surface area contributed by atoms with Crippen molar-refractivity contribution in [3.63, 3.8) is 0 Å². The smallest absolute Gasteiger partial charge is 0.466 e. The fraction of sp³-hybridized carbons (Fsp3) is 0.455. The molecule has 0 N–H and O–H groups in total. The minimum absolute atomic E-state index is 0.0321. The molecule has 0 radical (unpaired) electrons. The number of aromatic nitrogens is 1. The van der Waals surface area contributed by atoms with Crippen LogP contribution in [0.1, 0.15) is 18.2 Å². The minimum Gasteiger partial charge on any atom is -0.466 e. The van der Waals surface area contributed by atoms with Gasteiger partial charge in [-0.05, 0) is 13.8 Å². The van der Waals surface area contributed by atoms with E-state index in [0.717, 1.165) is 6.07 Å². The number of carbonyl (C=O) groups is 1. The van der Waals surface area contributed by atoms with Crippen molar-refractivity contribution in [3.8, 4) is 5.88 Å². The molecule has 116 valence electrons. The molecule has 0 spiro atoms. The molecule has 0 saturated heterocycles. The Hall–Kier alpha value is -2.39. The van der Waals surface area contributed by atoms with E-state index in [0.29, 0.717) is 0 Å². The summed E-state index contributed by atoms with van der Waals surface area (Å²) in [7, 11) is 0. The second-order valence-corrected chi connectivity index (χ2v) is 3.86. The van der Waals surface area contributed by atoms with Crippen molar-refractivity contribution < 1.29 is 32.4 Å². The van der Waals surface area contributed by atoms with Crippen molar-refractivity contribution in [2.75, 3.05) is 6.61 Å². The first kappa shape index (κ1) is 16.7. The van der Waals surface area contributed by atoms with Crippen molar-refractivity contribution in [1.29, 1.82) is 0 Å². The van der Waals surface area contributed by atoms with Crippen molar-refractivity contribution in [3.05, 3.63) is 27.4 Å². The summed E-state index contributed by atoms with van der Waals surface area (Å²) in [6.45, 7) is 2.73. The normalized spacial score (nSPS) is 11.1. The van der Waals surface area contributed by atoms with Crippen LogP contribution in [0.5, 0.6) is 5.88 Å². The fourth-order valence-corrected chi connectivity index (χ4v) is 1.47. The zero-order valence-electron chi connectivity index (χ0n) is 11.1. The molecule has 21 heavy (non-hydrogen) atoms. The topological polar surface area (TPSA) is 91.6 Å². The maximum Gasteiger partial charge on any atom is 0.574 e. The van der Waals surface area contributed by atoms with E-state index in [4.69, 9.17) is 0 Å². The quantitative estimate of drug-likeness (QED) is 0.471. The van der Waals surface area contributed by atoms with Crippen LogP contribution in [0.2, 0.25) is 0 Å². The first-order chi connectivity index (χ1) is 9.64. The predicted octanol–water partition coefficient (Wildman–Crippen LogP) is 2.30. The Bertz CT molecular complexity index is 560. The molecule has 0 unspecified atom stereocenters. The summed E-state index contributed by atoms with van der Waals surface area (Å²) in [5, 5.41) is 10.9. The summed E-state index contributed by atoms with van der Waals surface area (Å²) in [5.41, 5.74) is -1.20. The number of halogens is 3. The second kappa shape index (κ2) is 6.37. The van der Waals surface area contributed by atoms with Crippen molar-refractivity contribution in [2.45, 2.75) is 26.6 Å². The van der Waals surface area contributed by atoms with Gasteiger partial charge in [-0.2, -0.15) is 0 Å². The van der Waals surface area contributed by atoms with Gasteiger partial charge in [0.15, 0.2) is 0 Å². The molecule has 0 fully saturated rings. The molecule has 0 amide bonds. The number of esters is 1. The average Bonchev–Trinajstić information content (AvgIpc) is 2.31. The van der Waals surface area contributed by atoms with Gasteiger partial charge in [0.25, 0.3) is 5.69 Å². The summed E-state index contributed by atoms with van der Waals surface area (Å²) in [5.74, 6) is -1.68. The lowest BCUT2D eigenvalue weighted by molar-refractivity contribution is -0.386. The summed E-state index contributed by atoms with van der Waals surface area (Å²) in [4.78, 5) is 24.8. The van der Waals surface area contributed by atoms with Gasteiger partial charge in [0.2, 0.25) is 5.88 Å². The molecular weight excluding hydrogens is 297 g/mol. The zero-order chi connectivity index (χ0) is 16.2. The Kier molecular flexibility index (Phi) is 5.06. The number of alkyl halides is 3. The van der Waals surface area contributed by atoms with Crippen LogP contribution in [0, 0.1) is 17.0 Å². The Morgan fingerprint density at radius 1 is 1.48 bits per heavy atom. The highest BCUT2D eigenvalue weighted by Gasteiger charge is 2.34. The molecule has 1 heterocycles. The van der Waals surface area contributed by atoms with Crippen LogP contribution < -0.4 is 4.74 Å². The number of aryl methyl sites for hydroxylation is 1. The van der Waals surface area contributed by atoms with E-state index in [9.17, 15) is 28.1 Å². The molecule has 1 aromatic heterocycles. The lowest BCUT2D eigenvalue weighted by atomic mass is 10.2. The Labute approximate surface area is 116 Å². The van der Waals surface area contributed by atoms with E-state index in [2.05, 4.69) is 14.5 Å². The highest BCUT2D eigenvalue weighted by atomic mass is 19.4. The van der Waals surface area contributed by atoms with Crippen LogP contribution in [0.25, 0.3) is 0 Å². The van der Waals surface area contributed by atoms with E-state index in [1.807, 2.05) is 0 Å². The molecule has 10 heteroatoms. The van der Waals surface area contributed by atoms with Gasteiger partial charge in [0, 0.05) is 11.6 Å². The van der Waals surface area contributed by atoms with Gasteiger partial charge < -0.3 is 9.47 Å². The van der Waals surface area contributed by atoms with Gasteiger partial charge in [-0.15, -0.1) is 13.2 Å². The second-order valence-electron chi connectivity index (χ2n) is 3.86. The van der Waals surface area contributed by atoms with E-state index < -0.39 is 40.9 Å². The summed E-state index contributed by atoms with van der Waals surface area (Å²) >= 11 is 0. The summed E-state index contributed by atoms with van der Waals surface area (Å²) in [6.07, 6.45) is -5.62. The highest BCUT2D eigenvalue weighted by molar-refractivity contribution is 5.73. The lowest BCUT2D eigenvalue weighted by Crippen LogP contribution is -2.20. The molecule has 0 aromatic carbocycles. The maximum absolute atomic E-state index is 12.2. The van der Waals surface area contributed by atoms with Gasteiger partial charge in [0.05, 0.1) is 18.0 Å². The summed E-state index contributed by atoms with van der Waals surface area (Å²) < 4.78 is 44.9. The number of pyridine rings is 1. The van der Waals surface area contributed by atoms with Crippen molar-refractivity contribution >= 4 is 11.7 Å². The third kappa shape index (κ3) is 4.89. The van der Waals surface area contributed by atoms with Crippen LogP contribution in [0.4, 0.5) is 18.9 Å². The van der Waals surface area contributed by atoms with E-state index in [1.165, 1.54) is 13.8 Å². The molecule has 0 aliphatic rings. The number of nitro groups is 1. The predicted molar refractivity (Wildman–Crippen MR) is 62.6 cm³/mol. The number of nitrogens with zero attached hydrogens (tertiary/aromatic N) is 2. The fourth-order valence-electron chi connectivity index (χ4n) is 1.47. The first-order valence-electron chi connectivity index (χ1n) is 5.70. The van der Waals surface area contributed by atoms with Crippen LogP contribution in [-0.2, 0) is 16.0 Å². The Balaban J connectivity index is 3.21. The molecule has 7 nitrogen and oxygen atoms in total. The van der Waals surface area contributed by atoms with Crippen LogP contribution >= 0.6 is 0 Å². The van der Waals surface area contributed by atoms with Crippen LogP contribution in [0.3, 0.4) is 0 Å². The minimum atomic E-state index is -4.99. The molecule has 0 aliphatic heterocycles. The van der Waals surface area contributed by atoms with Gasteiger partial charge in [0.1, 0.15) is 5.69 Å². The SMILES string of the molecule is CCOC(=O)Cc1nc(OC(F)(F)F)c(C)cc1[N+](=O)[O-]. The molecule has 0 bridgehead atoms. The lowest BCUT2D eigenvalue weighted by Gasteiger charge is -2.11. The van der Waals surface area contributed by atoms with Crippen LogP contribution in [0.15, 0.2) is 6.07 Å². The first-order valence-corrected chi connectivity index (χ1v) is 5.70. The Morgan fingerprint density at radius 3 is 2.57 bits per heavy atom. The molecule has 0 atom stereocenters. The molecule has 0 saturated carbocycles. The van der Waals surface area contributed by atoms with E-state index in [1.54, 1.807) is 0 Å². The molecule has 1 rings (SSSR count). The van der Waals surface area contributed by atoms with Crippen molar-refractivity contribution in [1.82, 2.24) is 4.98 Å². The third-order valence-electron chi connectivity index (χ3n) is 2.25. The Morgan fingerprint density at radius 2 is 2.10 bits per heavy atom. The maximum atomic E-state index is 12.2. The van der Waals surface area contributed by atoms with Gasteiger partial charge in [-0.1, -0.05) is 0 Å². The number of hydrogen-bond acceptors (Lipinski definition) is 6. The molecule has 1 aromatic rings. The standard InChI is InChI=1S/C11H11F3N2O5/c1-3-20-9(17)5-7-8(16(18)19)4-6(2)10(15-7)21-11(12,13)14/h4H,3,5H2,1-2H3. The number of hydrogen-bond donors (Lipinski definition) is 0. The number of ether oxygens (including phenoxy) is 2. The van der Waals surface area contributed by atoms with Gasteiger partial charge in [-0.3, -0.25) is 14.9 Å². The third-order valence-corrected chi connectivity index (χ3v) is 2.25.